The van der Waals surface area contributed by atoms with Gasteiger partial charge in [-0.3, -0.25) is 0 Å². The van der Waals surface area contributed by atoms with Gasteiger partial charge in [-0.2, -0.15) is 0 Å². The van der Waals surface area contributed by atoms with Crippen molar-refractivity contribution in [2.24, 2.45) is 5.16 Å². The average Bonchev–Trinajstić information content (AvgIpc) is 2.25. The Morgan fingerprint density at radius 2 is 2.27 bits per heavy atom. The highest BCUT2D eigenvalue weighted by Gasteiger charge is 2.06. The highest BCUT2D eigenvalue weighted by atomic mass is 16.6. The van der Waals surface area contributed by atoms with Crippen molar-refractivity contribution in [3.63, 3.8) is 0 Å². The van der Waals surface area contributed by atoms with E-state index in [1.165, 1.54) is 0 Å². The number of carboxylic acid groups (broad SMARTS) is 1. The van der Waals surface area contributed by atoms with Crippen LogP contribution < -0.4 is 0 Å². The van der Waals surface area contributed by atoms with E-state index >= 15 is 0 Å². The van der Waals surface area contributed by atoms with E-state index in [2.05, 4.69) is 5.16 Å². The zero-order chi connectivity index (χ0) is 11.1. The average molecular weight is 207 g/mol. The maximum Gasteiger partial charge on any atom is 0.335 e. The molecule has 1 rings (SSSR count). The van der Waals surface area contributed by atoms with E-state index in [1.54, 1.807) is 30.5 Å². The zero-order valence-corrected chi connectivity index (χ0v) is 8.51. The Morgan fingerprint density at radius 1 is 1.53 bits per heavy atom. The molecule has 4 nitrogen and oxygen atoms in total. The first-order chi connectivity index (χ1) is 7.25. The molecule has 0 radical (unpaired) electrons. The minimum absolute atomic E-state index is 0.306. The van der Waals surface area contributed by atoms with Crippen molar-refractivity contribution in [3.8, 4) is 0 Å². The molecule has 1 aromatic carbocycles. The van der Waals surface area contributed by atoms with E-state index in [1.807, 2.05) is 6.92 Å². The van der Waals surface area contributed by atoms with Gasteiger partial charge in [-0.05, 0) is 18.6 Å². The van der Waals surface area contributed by atoms with Gasteiger partial charge in [0, 0.05) is 12.6 Å². The van der Waals surface area contributed by atoms with Crippen LogP contribution in [0.4, 0.5) is 0 Å². The van der Waals surface area contributed by atoms with E-state index in [0.717, 1.165) is 5.56 Å². The van der Waals surface area contributed by atoms with E-state index in [0.29, 0.717) is 18.6 Å². The molecule has 0 aliphatic heterocycles. The molecule has 0 heterocycles. The van der Waals surface area contributed by atoms with Crippen molar-refractivity contribution in [1.29, 1.82) is 0 Å². The lowest BCUT2D eigenvalue weighted by molar-refractivity contribution is 0.0696. The maximum atomic E-state index is 10.8. The Hall–Kier alpha value is -1.84. The molecule has 0 unspecified atom stereocenters. The molecular weight excluding hydrogens is 194 g/mol. The standard InChI is InChI=1S/C11H13NO3/c1-2-15-12-8-7-9-5-3-4-6-10(9)11(13)14/h3-6,8H,2,7H2,1H3,(H,13,14)/b12-8-. The molecular formula is C11H13NO3. The Balaban J connectivity index is 2.71. The van der Waals surface area contributed by atoms with E-state index < -0.39 is 5.97 Å². The van der Waals surface area contributed by atoms with Gasteiger partial charge in [-0.1, -0.05) is 23.4 Å². The molecule has 0 atom stereocenters. The molecule has 15 heavy (non-hydrogen) atoms. The van der Waals surface area contributed by atoms with Crippen LogP contribution in [-0.2, 0) is 11.3 Å². The predicted octanol–water partition coefficient (Wildman–Crippen LogP) is 1.95. The molecule has 0 amide bonds. The van der Waals surface area contributed by atoms with Gasteiger partial charge in [0.05, 0.1) is 5.56 Å². The van der Waals surface area contributed by atoms with Gasteiger partial charge in [-0.25, -0.2) is 4.79 Å². The smallest absolute Gasteiger partial charge is 0.335 e. The minimum atomic E-state index is -0.921. The first-order valence-corrected chi connectivity index (χ1v) is 4.70. The fourth-order valence-corrected chi connectivity index (χ4v) is 1.17. The molecule has 0 aromatic heterocycles. The van der Waals surface area contributed by atoms with Gasteiger partial charge in [0.1, 0.15) is 6.61 Å². The lowest BCUT2D eigenvalue weighted by Crippen LogP contribution is -2.02. The van der Waals surface area contributed by atoms with Crippen LogP contribution in [0, 0.1) is 0 Å². The Kier molecular flexibility index (Phi) is 4.34. The summed E-state index contributed by atoms with van der Waals surface area (Å²) < 4.78 is 0. The lowest BCUT2D eigenvalue weighted by Gasteiger charge is -2.01. The van der Waals surface area contributed by atoms with Crippen LogP contribution in [0.1, 0.15) is 22.8 Å². The molecule has 0 bridgehead atoms. The summed E-state index contributed by atoms with van der Waals surface area (Å²) in [6, 6.07) is 6.84. The summed E-state index contributed by atoms with van der Waals surface area (Å²) in [4.78, 5) is 15.6. The van der Waals surface area contributed by atoms with Crippen molar-refractivity contribution in [1.82, 2.24) is 0 Å². The number of hydrogen-bond donors (Lipinski definition) is 1. The first kappa shape index (κ1) is 11.2. The highest BCUT2D eigenvalue weighted by molar-refractivity contribution is 5.90. The fraction of sp³-hybridized carbons (Fsp3) is 0.273. The van der Waals surface area contributed by atoms with Crippen molar-refractivity contribution >= 4 is 12.2 Å². The quantitative estimate of drug-likeness (QED) is 0.593. The number of hydrogen-bond acceptors (Lipinski definition) is 3. The SMILES string of the molecule is CCO/N=C\Cc1ccccc1C(=O)O. The molecule has 1 N–H and O–H groups in total. The van der Waals surface area contributed by atoms with E-state index in [4.69, 9.17) is 9.94 Å². The second kappa shape index (κ2) is 5.80. The summed E-state index contributed by atoms with van der Waals surface area (Å²) >= 11 is 0. The van der Waals surface area contributed by atoms with Gasteiger partial charge in [0.2, 0.25) is 0 Å². The molecule has 0 aliphatic rings. The monoisotopic (exact) mass is 207 g/mol. The zero-order valence-electron chi connectivity index (χ0n) is 8.51. The van der Waals surface area contributed by atoms with Gasteiger partial charge in [-0.15, -0.1) is 0 Å². The number of nitrogens with zero attached hydrogens (tertiary/aromatic N) is 1. The largest absolute Gasteiger partial charge is 0.478 e. The summed E-state index contributed by atoms with van der Waals surface area (Å²) in [5, 5.41) is 12.6. The van der Waals surface area contributed by atoms with Crippen LogP contribution in [-0.4, -0.2) is 23.9 Å². The Labute approximate surface area is 88.2 Å². The first-order valence-electron chi connectivity index (χ1n) is 4.70. The van der Waals surface area contributed by atoms with Crippen LogP contribution in [0.3, 0.4) is 0 Å². The van der Waals surface area contributed by atoms with Gasteiger partial charge in [0.25, 0.3) is 0 Å². The third kappa shape index (κ3) is 3.42. The molecule has 0 spiro atoms. The minimum Gasteiger partial charge on any atom is -0.478 e. The molecule has 4 heteroatoms. The number of aromatic carboxylic acids is 1. The van der Waals surface area contributed by atoms with Gasteiger partial charge < -0.3 is 9.94 Å². The number of benzene rings is 1. The van der Waals surface area contributed by atoms with Gasteiger partial charge in [0.15, 0.2) is 0 Å². The summed E-state index contributed by atoms with van der Waals surface area (Å²) in [5.74, 6) is -0.921. The second-order valence-electron chi connectivity index (χ2n) is 2.87. The molecule has 0 aliphatic carbocycles. The van der Waals surface area contributed by atoms with Gasteiger partial charge >= 0.3 is 5.97 Å². The fourth-order valence-electron chi connectivity index (χ4n) is 1.17. The topological polar surface area (TPSA) is 58.9 Å². The predicted molar refractivity (Wildman–Crippen MR) is 57.2 cm³/mol. The third-order valence-corrected chi connectivity index (χ3v) is 1.84. The molecule has 0 saturated heterocycles. The molecule has 1 aromatic rings. The van der Waals surface area contributed by atoms with Crippen LogP contribution in [0.2, 0.25) is 0 Å². The van der Waals surface area contributed by atoms with E-state index in [-0.39, 0.29) is 0 Å². The molecule has 80 valence electrons. The third-order valence-electron chi connectivity index (χ3n) is 1.84. The van der Waals surface area contributed by atoms with Crippen molar-refractivity contribution < 1.29 is 14.7 Å². The highest BCUT2D eigenvalue weighted by Crippen LogP contribution is 2.08. The van der Waals surface area contributed by atoms with Crippen molar-refractivity contribution in [2.75, 3.05) is 6.61 Å². The summed E-state index contributed by atoms with van der Waals surface area (Å²) in [5.41, 5.74) is 1.04. The van der Waals surface area contributed by atoms with Crippen LogP contribution in [0.25, 0.3) is 0 Å². The number of carbonyl (C=O) groups is 1. The normalized spacial score (nSPS) is 10.5. The van der Waals surface area contributed by atoms with E-state index in [9.17, 15) is 4.79 Å². The summed E-state index contributed by atoms with van der Waals surface area (Å²) in [6.07, 6.45) is 2.02. The van der Waals surface area contributed by atoms with Crippen LogP contribution >= 0.6 is 0 Å². The Bertz CT molecular complexity index is 361. The summed E-state index contributed by atoms with van der Waals surface area (Å²) in [7, 11) is 0. The number of rotatable bonds is 5. The number of oxime groups is 1. The van der Waals surface area contributed by atoms with Crippen molar-refractivity contribution in [2.45, 2.75) is 13.3 Å². The summed E-state index contributed by atoms with van der Waals surface area (Å²) in [6.45, 7) is 2.35. The van der Waals surface area contributed by atoms with Crippen LogP contribution in [0.15, 0.2) is 29.4 Å². The van der Waals surface area contributed by atoms with Crippen LogP contribution in [0.5, 0.6) is 0 Å². The maximum absolute atomic E-state index is 10.8. The molecule has 0 fully saturated rings. The lowest BCUT2D eigenvalue weighted by atomic mass is 10.1. The van der Waals surface area contributed by atoms with Crippen molar-refractivity contribution in [3.05, 3.63) is 35.4 Å². The number of carboxylic acids is 1. The second-order valence-corrected chi connectivity index (χ2v) is 2.87. The Morgan fingerprint density at radius 3 is 2.93 bits per heavy atom. The molecule has 0 saturated carbocycles.